The molecule has 4 aromatic rings. The van der Waals surface area contributed by atoms with Gasteiger partial charge in [-0.2, -0.15) is 0 Å². The smallest absolute Gasteiger partial charge is 0.261 e. The number of phenolic OH excluding ortho intramolecular Hbond substituents is 1. The number of anilines is 1. The lowest BCUT2D eigenvalue weighted by Gasteiger charge is -2.26. The number of nitrogens with two attached hydrogens (primary N) is 2. The van der Waals surface area contributed by atoms with Gasteiger partial charge in [0.1, 0.15) is 29.7 Å². The molecule has 0 unspecified atom stereocenters. The number of carbonyl (C=O) groups excluding carboxylic acids is 4. The maximum absolute atomic E-state index is 14.1. The normalized spacial score (nSPS) is 18.1. The van der Waals surface area contributed by atoms with Gasteiger partial charge < -0.3 is 47.1 Å². The second kappa shape index (κ2) is 18.3. The zero-order chi connectivity index (χ0) is 38.8. The summed E-state index contributed by atoms with van der Waals surface area (Å²) >= 11 is 0. The zero-order valence-corrected chi connectivity index (χ0v) is 30.4. The van der Waals surface area contributed by atoms with Gasteiger partial charge in [-0.1, -0.05) is 18.6 Å². The number of rotatable bonds is 11. The molecule has 0 saturated carbocycles. The summed E-state index contributed by atoms with van der Waals surface area (Å²) in [5.74, 6) is -1.98. The number of hydrogen-bond acceptors (Lipinski definition) is 11. The van der Waals surface area contributed by atoms with Gasteiger partial charge >= 0.3 is 0 Å². The van der Waals surface area contributed by atoms with E-state index >= 15 is 0 Å². The Morgan fingerprint density at radius 1 is 1.00 bits per heavy atom. The molecule has 0 bridgehead atoms. The molecular formula is C38H47N9O7. The van der Waals surface area contributed by atoms with Crippen molar-refractivity contribution in [2.24, 2.45) is 11.5 Å². The highest BCUT2D eigenvalue weighted by molar-refractivity contribution is 6.06. The monoisotopic (exact) mass is 741 g/mol. The number of nitrogens with zero attached hydrogens (tertiary/aromatic N) is 3. The number of fused-ring (bicyclic) bond motifs is 2. The van der Waals surface area contributed by atoms with Gasteiger partial charge in [0.05, 0.1) is 17.3 Å². The van der Waals surface area contributed by atoms with Crippen molar-refractivity contribution in [2.45, 2.75) is 77.0 Å². The van der Waals surface area contributed by atoms with Gasteiger partial charge in [-0.25, -0.2) is 9.97 Å². The second-order valence-electron chi connectivity index (χ2n) is 13.3. The molecule has 0 aliphatic carbocycles. The van der Waals surface area contributed by atoms with Crippen LogP contribution >= 0.6 is 0 Å². The Hall–Kier alpha value is -5.87. The number of ether oxygens (including phenoxy) is 1. The van der Waals surface area contributed by atoms with E-state index in [9.17, 15) is 29.1 Å². The molecule has 2 aromatic carbocycles. The lowest BCUT2D eigenvalue weighted by atomic mass is 10.0. The minimum atomic E-state index is -0.911. The fourth-order valence-electron chi connectivity index (χ4n) is 6.23. The molecule has 286 valence electrons. The highest BCUT2D eigenvalue weighted by Crippen LogP contribution is 2.25. The second-order valence-corrected chi connectivity index (χ2v) is 13.3. The van der Waals surface area contributed by atoms with E-state index in [2.05, 4.69) is 31.2 Å². The number of nitrogens with one attached hydrogen (secondary N) is 4. The first-order valence-corrected chi connectivity index (χ1v) is 18.0. The van der Waals surface area contributed by atoms with Crippen LogP contribution < -0.4 is 42.9 Å². The Morgan fingerprint density at radius 2 is 1.78 bits per heavy atom. The maximum Gasteiger partial charge on any atom is 0.261 e. The SMILES string of the molecule is CCn1cc(C(=O)Nc2ccc3c(c2)C(=O)N[C@@H](Cc2ccc(O)cc2)CC(=O)N[C@@H](CCN)C(=O)N[C@@H](CCCCN)CO3)c(=O)c2ncc(C)nc21. The van der Waals surface area contributed by atoms with E-state index in [1.807, 2.05) is 6.92 Å². The van der Waals surface area contributed by atoms with Crippen molar-refractivity contribution in [1.29, 1.82) is 0 Å². The summed E-state index contributed by atoms with van der Waals surface area (Å²) in [6.07, 6.45) is 5.02. The average Bonchev–Trinajstić information content (AvgIpc) is 3.14. The van der Waals surface area contributed by atoms with Gasteiger partial charge in [0.2, 0.25) is 17.2 Å². The van der Waals surface area contributed by atoms with Crippen LogP contribution in [0, 0.1) is 6.92 Å². The Balaban J connectivity index is 1.50. The predicted octanol–water partition coefficient (Wildman–Crippen LogP) is 1.65. The van der Waals surface area contributed by atoms with Crippen LogP contribution in [0.4, 0.5) is 5.69 Å². The van der Waals surface area contributed by atoms with Crippen molar-refractivity contribution in [3.8, 4) is 11.5 Å². The largest absolute Gasteiger partial charge is 0.508 e. The molecule has 5 rings (SSSR count). The van der Waals surface area contributed by atoms with E-state index in [4.69, 9.17) is 16.2 Å². The topological polar surface area (TPSA) is 246 Å². The summed E-state index contributed by atoms with van der Waals surface area (Å²) in [6.45, 7) is 4.64. The van der Waals surface area contributed by atoms with Gasteiger partial charge in [0.25, 0.3) is 11.8 Å². The van der Waals surface area contributed by atoms with Crippen LogP contribution in [0.25, 0.3) is 11.2 Å². The number of benzene rings is 2. The minimum absolute atomic E-state index is 0.0172. The van der Waals surface area contributed by atoms with Crippen LogP contribution in [0.3, 0.4) is 0 Å². The molecular weight excluding hydrogens is 694 g/mol. The fraction of sp³-hybridized carbons (Fsp3) is 0.395. The number of aromatic nitrogens is 3. The number of carbonyl (C=O) groups is 4. The van der Waals surface area contributed by atoms with E-state index in [1.54, 1.807) is 23.6 Å². The molecule has 16 heteroatoms. The predicted molar refractivity (Wildman–Crippen MR) is 202 cm³/mol. The third-order valence-corrected chi connectivity index (χ3v) is 9.04. The fourth-order valence-corrected chi connectivity index (χ4v) is 6.23. The van der Waals surface area contributed by atoms with Crippen LogP contribution in [-0.2, 0) is 22.6 Å². The number of amides is 4. The highest BCUT2D eigenvalue weighted by atomic mass is 16.5. The summed E-state index contributed by atoms with van der Waals surface area (Å²) in [6, 6.07) is 8.67. The Bertz CT molecular complexity index is 2050. The van der Waals surface area contributed by atoms with Crippen molar-refractivity contribution >= 4 is 40.5 Å². The first-order valence-electron chi connectivity index (χ1n) is 18.0. The highest BCUT2D eigenvalue weighted by Gasteiger charge is 2.28. The van der Waals surface area contributed by atoms with Crippen molar-refractivity contribution in [1.82, 2.24) is 30.5 Å². The van der Waals surface area contributed by atoms with E-state index in [-0.39, 0.29) is 66.2 Å². The third kappa shape index (κ3) is 9.96. The lowest BCUT2D eigenvalue weighted by molar-refractivity contribution is -0.130. The maximum atomic E-state index is 14.1. The number of hydrogen-bond donors (Lipinski definition) is 7. The summed E-state index contributed by atoms with van der Waals surface area (Å²) in [5.41, 5.74) is 12.8. The molecule has 54 heavy (non-hydrogen) atoms. The molecule has 1 aliphatic heterocycles. The van der Waals surface area contributed by atoms with Gasteiger partial charge in [0, 0.05) is 37.1 Å². The van der Waals surface area contributed by atoms with Crippen molar-refractivity contribution < 1.29 is 29.0 Å². The molecule has 2 aromatic heterocycles. The summed E-state index contributed by atoms with van der Waals surface area (Å²) in [5, 5.41) is 21.2. The molecule has 1 aliphatic rings. The molecule has 16 nitrogen and oxygen atoms in total. The number of phenols is 1. The summed E-state index contributed by atoms with van der Waals surface area (Å²) in [4.78, 5) is 76.6. The van der Waals surface area contributed by atoms with Crippen LogP contribution in [0.15, 0.2) is 59.7 Å². The Kier molecular flexibility index (Phi) is 13.3. The number of unbranched alkanes of at least 4 members (excludes halogenated alkanes) is 1. The van der Waals surface area contributed by atoms with Gasteiger partial charge in [0.15, 0.2) is 11.2 Å². The number of aryl methyl sites for hydroxylation is 2. The molecule has 3 atom stereocenters. The zero-order valence-electron chi connectivity index (χ0n) is 30.4. The summed E-state index contributed by atoms with van der Waals surface area (Å²) in [7, 11) is 0. The van der Waals surface area contributed by atoms with E-state index in [1.165, 1.54) is 42.7 Å². The van der Waals surface area contributed by atoms with Crippen molar-refractivity contribution in [3.63, 3.8) is 0 Å². The van der Waals surface area contributed by atoms with E-state index < -0.39 is 47.2 Å². The summed E-state index contributed by atoms with van der Waals surface area (Å²) < 4.78 is 7.87. The van der Waals surface area contributed by atoms with Crippen molar-refractivity contribution in [3.05, 3.63) is 87.5 Å². The standard InChI is InChI=1S/C38H47N9O7/c1-3-47-20-29(34(50)33-35(47)42-22(2)19-41-33)37(52)43-24-9-12-31-28(17-24)36(51)45-26(16-23-7-10-27(48)11-8-23)18-32(49)46-30(13-15-40)38(53)44-25(21-54-31)6-4-5-14-39/h7-12,17,19-20,25-26,30,48H,3-6,13-16,18,21,39-40H2,1-2H3,(H,43,52)(H,44,53)(H,45,51)(H,46,49)/t25-,26-,30-/m0/s1. The third-order valence-electron chi connectivity index (χ3n) is 9.04. The van der Waals surface area contributed by atoms with Crippen LogP contribution in [0.2, 0.25) is 0 Å². The molecule has 9 N–H and O–H groups in total. The average molecular weight is 742 g/mol. The molecule has 0 radical (unpaired) electrons. The van der Waals surface area contributed by atoms with Gasteiger partial charge in [-0.15, -0.1) is 0 Å². The molecule has 0 saturated heterocycles. The minimum Gasteiger partial charge on any atom is -0.508 e. The van der Waals surface area contributed by atoms with E-state index in [0.717, 1.165) is 5.56 Å². The Labute approximate surface area is 312 Å². The van der Waals surface area contributed by atoms with Crippen LogP contribution in [-0.4, -0.2) is 81.1 Å². The quantitative estimate of drug-likeness (QED) is 0.109. The van der Waals surface area contributed by atoms with E-state index in [0.29, 0.717) is 43.7 Å². The first kappa shape index (κ1) is 39.3. The molecule has 0 spiro atoms. The van der Waals surface area contributed by atoms with Crippen LogP contribution in [0.5, 0.6) is 11.5 Å². The molecule has 4 amide bonds. The van der Waals surface area contributed by atoms with Gasteiger partial charge in [-0.3, -0.25) is 24.0 Å². The number of aromatic hydroxyl groups is 1. The van der Waals surface area contributed by atoms with Crippen molar-refractivity contribution in [2.75, 3.05) is 25.0 Å². The van der Waals surface area contributed by atoms with Gasteiger partial charge in [-0.05, 0) is 88.5 Å². The van der Waals surface area contributed by atoms with Crippen LogP contribution in [0.1, 0.15) is 71.0 Å². The first-order chi connectivity index (χ1) is 26.0. The Morgan fingerprint density at radius 3 is 2.50 bits per heavy atom. The lowest BCUT2D eigenvalue weighted by Crippen LogP contribution is -2.53. The number of pyridine rings is 1. The molecule has 3 heterocycles. The molecule has 0 fully saturated rings.